The van der Waals surface area contributed by atoms with E-state index in [2.05, 4.69) is 15.3 Å². The Morgan fingerprint density at radius 3 is 2.48 bits per heavy atom. The molecule has 2 heterocycles. The Labute approximate surface area is 179 Å². The monoisotopic (exact) mass is 427 g/mol. The average Bonchev–Trinajstić information content (AvgIpc) is 3.60. The lowest BCUT2D eigenvalue weighted by Gasteiger charge is -2.40. The molecule has 4 rings (SSSR count). The standard InChI is InChI=1S/C22H29N5O4/c1-3-26(4-2)20(30)22(10-6-5-7-11-22)25-18(28)14-12-16-17(23-13-14)27(15-8-9-15)21(31)24-19(16)29/h12-13,15H,3-11H2,1-2H3,(H,25,28)(H,24,29,31). The van der Waals surface area contributed by atoms with E-state index in [9.17, 15) is 19.2 Å². The van der Waals surface area contributed by atoms with Crippen molar-refractivity contribution in [1.82, 2.24) is 24.8 Å². The maximum absolute atomic E-state index is 13.3. The first-order chi connectivity index (χ1) is 14.9. The highest BCUT2D eigenvalue weighted by Gasteiger charge is 2.43. The van der Waals surface area contributed by atoms with E-state index >= 15 is 0 Å². The summed E-state index contributed by atoms with van der Waals surface area (Å²) in [6.07, 6.45) is 7.07. The zero-order valence-electron chi connectivity index (χ0n) is 18.1. The summed E-state index contributed by atoms with van der Waals surface area (Å²) in [5.74, 6) is -0.486. The molecule has 0 radical (unpaired) electrons. The summed E-state index contributed by atoms with van der Waals surface area (Å²) in [7, 11) is 0. The fourth-order valence-electron chi connectivity index (χ4n) is 4.58. The highest BCUT2D eigenvalue weighted by Crippen LogP contribution is 2.35. The molecule has 9 nitrogen and oxygen atoms in total. The van der Waals surface area contributed by atoms with Gasteiger partial charge in [-0.05, 0) is 45.6 Å². The number of pyridine rings is 1. The summed E-state index contributed by atoms with van der Waals surface area (Å²) in [4.78, 5) is 59.4. The molecule has 2 saturated carbocycles. The largest absolute Gasteiger partial charge is 0.341 e. The van der Waals surface area contributed by atoms with E-state index in [1.165, 1.54) is 16.8 Å². The number of aromatic nitrogens is 3. The Bertz CT molecular complexity index is 1120. The van der Waals surface area contributed by atoms with Crippen molar-refractivity contribution >= 4 is 22.8 Å². The molecule has 2 aliphatic carbocycles. The van der Waals surface area contributed by atoms with Crippen molar-refractivity contribution in [3.8, 4) is 0 Å². The van der Waals surface area contributed by atoms with Crippen LogP contribution >= 0.6 is 0 Å². The van der Waals surface area contributed by atoms with Gasteiger partial charge in [-0.2, -0.15) is 0 Å². The number of H-pyrrole nitrogens is 1. The van der Waals surface area contributed by atoms with E-state index in [1.807, 2.05) is 13.8 Å². The van der Waals surface area contributed by atoms with E-state index in [0.717, 1.165) is 32.1 Å². The van der Waals surface area contributed by atoms with E-state index in [4.69, 9.17) is 0 Å². The highest BCUT2D eigenvalue weighted by atomic mass is 16.2. The molecule has 0 bridgehead atoms. The van der Waals surface area contributed by atoms with Gasteiger partial charge in [-0.1, -0.05) is 19.3 Å². The second-order valence-corrected chi connectivity index (χ2v) is 8.53. The Hall–Kier alpha value is -2.97. The van der Waals surface area contributed by atoms with Crippen molar-refractivity contribution in [2.45, 2.75) is 70.4 Å². The number of aromatic amines is 1. The summed E-state index contributed by atoms with van der Waals surface area (Å²) in [5.41, 5.74) is -1.48. The van der Waals surface area contributed by atoms with Gasteiger partial charge in [0.05, 0.1) is 10.9 Å². The van der Waals surface area contributed by atoms with Crippen LogP contribution in [0.4, 0.5) is 0 Å². The van der Waals surface area contributed by atoms with Gasteiger partial charge in [0.1, 0.15) is 11.2 Å². The van der Waals surface area contributed by atoms with Crippen LogP contribution in [0, 0.1) is 0 Å². The van der Waals surface area contributed by atoms with Crippen molar-refractivity contribution in [3.63, 3.8) is 0 Å². The van der Waals surface area contributed by atoms with Crippen molar-refractivity contribution < 1.29 is 9.59 Å². The molecule has 2 fully saturated rings. The average molecular weight is 428 g/mol. The normalized spacial score (nSPS) is 18.0. The third-order valence-electron chi connectivity index (χ3n) is 6.47. The lowest BCUT2D eigenvalue weighted by molar-refractivity contribution is -0.139. The SMILES string of the molecule is CCN(CC)C(=O)C1(NC(=O)c2cnc3c(c2)c(=O)[nH]c(=O)n3C2CC2)CCCCC1. The molecule has 0 spiro atoms. The number of nitrogens with zero attached hydrogens (tertiary/aromatic N) is 3. The van der Waals surface area contributed by atoms with E-state index < -0.39 is 22.7 Å². The molecule has 2 amide bonds. The van der Waals surface area contributed by atoms with Gasteiger partial charge < -0.3 is 10.2 Å². The molecule has 2 aliphatic rings. The number of carbonyl (C=O) groups is 2. The van der Waals surface area contributed by atoms with Gasteiger partial charge in [-0.25, -0.2) is 9.78 Å². The van der Waals surface area contributed by atoms with Gasteiger partial charge in [0, 0.05) is 25.3 Å². The van der Waals surface area contributed by atoms with Crippen LogP contribution < -0.4 is 16.6 Å². The molecule has 9 heteroatoms. The van der Waals surface area contributed by atoms with Gasteiger partial charge in [0.15, 0.2) is 0 Å². The van der Waals surface area contributed by atoms with E-state index in [1.54, 1.807) is 4.90 Å². The minimum Gasteiger partial charge on any atom is -0.341 e. The first kappa shape index (κ1) is 21.3. The molecule has 0 aliphatic heterocycles. The molecule has 31 heavy (non-hydrogen) atoms. The topological polar surface area (TPSA) is 117 Å². The van der Waals surface area contributed by atoms with Crippen molar-refractivity contribution in [1.29, 1.82) is 0 Å². The number of carbonyl (C=O) groups excluding carboxylic acids is 2. The fourth-order valence-corrected chi connectivity index (χ4v) is 4.58. The highest BCUT2D eigenvalue weighted by molar-refractivity contribution is 6.00. The van der Waals surface area contributed by atoms with Crippen LogP contribution in [-0.4, -0.2) is 49.9 Å². The van der Waals surface area contributed by atoms with Crippen molar-refractivity contribution in [3.05, 3.63) is 38.7 Å². The summed E-state index contributed by atoms with van der Waals surface area (Å²) in [6, 6.07) is 1.50. The lowest BCUT2D eigenvalue weighted by Crippen LogP contribution is -2.60. The Morgan fingerprint density at radius 2 is 1.87 bits per heavy atom. The Morgan fingerprint density at radius 1 is 1.19 bits per heavy atom. The second-order valence-electron chi connectivity index (χ2n) is 8.53. The second kappa shape index (κ2) is 8.28. The van der Waals surface area contributed by atoms with Crippen molar-refractivity contribution in [2.75, 3.05) is 13.1 Å². The summed E-state index contributed by atoms with van der Waals surface area (Å²) < 4.78 is 1.49. The number of nitrogens with one attached hydrogen (secondary N) is 2. The predicted molar refractivity (Wildman–Crippen MR) is 116 cm³/mol. The third-order valence-corrected chi connectivity index (χ3v) is 6.47. The molecule has 2 aromatic heterocycles. The minimum atomic E-state index is -0.935. The van der Waals surface area contributed by atoms with Gasteiger partial charge >= 0.3 is 5.69 Å². The summed E-state index contributed by atoms with van der Waals surface area (Å²) >= 11 is 0. The molecule has 166 valence electrons. The summed E-state index contributed by atoms with van der Waals surface area (Å²) in [5, 5.41) is 3.19. The van der Waals surface area contributed by atoms with Gasteiger partial charge in [0.2, 0.25) is 5.91 Å². The number of amides is 2. The van der Waals surface area contributed by atoms with Gasteiger partial charge in [-0.15, -0.1) is 0 Å². The summed E-state index contributed by atoms with van der Waals surface area (Å²) in [6.45, 7) is 5.02. The van der Waals surface area contributed by atoms with E-state index in [0.29, 0.717) is 31.6 Å². The minimum absolute atomic E-state index is 0.0382. The zero-order chi connectivity index (χ0) is 22.2. The number of rotatable bonds is 6. The molecule has 2 aromatic rings. The first-order valence-electron chi connectivity index (χ1n) is 11.2. The Balaban J connectivity index is 1.69. The zero-order valence-corrected chi connectivity index (χ0v) is 18.1. The van der Waals surface area contributed by atoms with E-state index in [-0.39, 0.29) is 22.9 Å². The molecule has 2 N–H and O–H groups in total. The maximum Gasteiger partial charge on any atom is 0.330 e. The smallest absolute Gasteiger partial charge is 0.330 e. The van der Waals surface area contributed by atoms with Crippen LogP contribution in [0.2, 0.25) is 0 Å². The van der Waals surface area contributed by atoms with Crippen LogP contribution in [0.5, 0.6) is 0 Å². The van der Waals surface area contributed by atoms with Crippen LogP contribution in [0.25, 0.3) is 11.0 Å². The number of hydrogen-bond acceptors (Lipinski definition) is 5. The number of hydrogen-bond donors (Lipinski definition) is 2. The number of likely N-dealkylation sites (N-methyl/N-ethyl adjacent to an activating group) is 1. The molecule has 0 atom stereocenters. The molecular weight excluding hydrogens is 398 g/mol. The molecule has 0 unspecified atom stereocenters. The molecule has 0 aromatic carbocycles. The first-order valence-corrected chi connectivity index (χ1v) is 11.2. The lowest BCUT2D eigenvalue weighted by atomic mass is 9.80. The maximum atomic E-state index is 13.3. The Kier molecular flexibility index (Phi) is 5.68. The fraction of sp³-hybridized carbons (Fsp3) is 0.591. The predicted octanol–water partition coefficient (Wildman–Crippen LogP) is 1.72. The quantitative estimate of drug-likeness (QED) is 0.728. The molecule has 0 saturated heterocycles. The van der Waals surface area contributed by atoms with Gasteiger partial charge in [-0.3, -0.25) is 23.9 Å². The van der Waals surface area contributed by atoms with Crippen molar-refractivity contribution in [2.24, 2.45) is 0 Å². The van der Waals surface area contributed by atoms with Crippen LogP contribution in [0.15, 0.2) is 21.9 Å². The third kappa shape index (κ3) is 3.88. The van der Waals surface area contributed by atoms with Crippen LogP contribution in [0.1, 0.15) is 75.2 Å². The molecular formula is C22H29N5O4. The number of fused-ring (bicyclic) bond motifs is 1. The van der Waals surface area contributed by atoms with Gasteiger partial charge in [0.25, 0.3) is 11.5 Å². The van der Waals surface area contributed by atoms with Crippen LogP contribution in [0.3, 0.4) is 0 Å². The van der Waals surface area contributed by atoms with Crippen LogP contribution in [-0.2, 0) is 4.79 Å².